The Balaban J connectivity index is 2.40. The van der Waals surface area contributed by atoms with Crippen molar-refractivity contribution in [3.05, 3.63) is 0 Å². The Morgan fingerprint density at radius 1 is 1.64 bits per heavy atom. The standard InChI is InChI=1S/C9H13NO/c1-2-5-8-6-3-4-7-9(11)10-8/h1,8H,3-7H2,(H,10,11). The predicted molar refractivity (Wildman–Crippen MR) is 43.8 cm³/mol. The van der Waals surface area contributed by atoms with E-state index >= 15 is 0 Å². The molecule has 0 spiro atoms. The SMILES string of the molecule is C#CCC1CCCCC(=O)N1. The predicted octanol–water partition coefficient (Wildman–Crippen LogP) is 1.07. The molecule has 0 aromatic rings. The molecule has 1 aliphatic heterocycles. The van der Waals surface area contributed by atoms with E-state index in [-0.39, 0.29) is 11.9 Å². The third-order valence-electron chi connectivity index (χ3n) is 1.94. The topological polar surface area (TPSA) is 29.1 Å². The van der Waals surface area contributed by atoms with Crippen molar-refractivity contribution >= 4 is 5.91 Å². The van der Waals surface area contributed by atoms with Crippen LogP contribution >= 0.6 is 0 Å². The van der Waals surface area contributed by atoms with Crippen molar-refractivity contribution in [3.63, 3.8) is 0 Å². The van der Waals surface area contributed by atoms with Crippen LogP contribution in [0, 0.1) is 12.3 Å². The summed E-state index contributed by atoms with van der Waals surface area (Å²) in [6, 6.07) is 0.231. The van der Waals surface area contributed by atoms with Crippen LogP contribution in [0.3, 0.4) is 0 Å². The van der Waals surface area contributed by atoms with Crippen LogP contribution in [0.1, 0.15) is 32.1 Å². The lowest BCUT2D eigenvalue weighted by molar-refractivity contribution is -0.121. The lowest BCUT2D eigenvalue weighted by atomic mass is 10.1. The fraction of sp³-hybridized carbons (Fsp3) is 0.667. The van der Waals surface area contributed by atoms with Gasteiger partial charge < -0.3 is 5.32 Å². The van der Waals surface area contributed by atoms with Crippen molar-refractivity contribution in [3.8, 4) is 12.3 Å². The number of rotatable bonds is 1. The van der Waals surface area contributed by atoms with E-state index in [0.717, 1.165) is 19.3 Å². The highest BCUT2D eigenvalue weighted by Gasteiger charge is 2.14. The number of hydrogen-bond donors (Lipinski definition) is 1. The average molecular weight is 151 g/mol. The first-order chi connectivity index (χ1) is 5.33. The molecule has 0 aromatic heterocycles. The van der Waals surface area contributed by atoms with Crippen molar-refractivity contribution in [2.24, 2.45) is 0 Å². The largest absolute Gasteiger partial charge is 0.352 e. The van der Waals surface area contributed by atoms with Gasteiger partial charge in [0.15, 0.2) is 0 Å². The monoisotopic (exact) mass is 151 g/mol. The maximum absolute atomic E-state index is 11.0. The summed E-state index contributed by atoms with van der Waals surface area (Å²) in [5, 5.41) is 2.90. The highest BCUT2D eigenvalue weighted by atomic mass is 16.1. The van der Waals surface area contributed by atoms with Gasteiger partial charge >= 0.3 is 0 Å². The van der Waals surface area contributed by atoms with E-state index in [0.29, 0.717) is 12.8 Å². The zero-order valence-corrected chi connectivity index (χ0v) is 6.60. The van der Waals surface area contributed by atoms with Gasteiger partial charge in [-0.2, -0.15) is 0 Å². The van der Waals surface area contributed by atoms with Crippen LogP contribution in [0.4, 0.5) is 0 Å². The number of amides is 1. The van der Waals surface area contributed by atoms with Crippen molar-refractivity contribution in [2.75, 3.05) is 0 Å². The molecule has 0 aromatic carbocycles. The fourth-order valence-electron chi connectivity index (χ4n) is 1.34. The first kappa shape index (κ1) is 8.13. The van der Waals surface area contributed by atoms with Gasteiger partial charge in [0.25, 0.3) is 0 Å². The number of terminal acetylenes is 1. The first-order valence-corrected chi connectivity index (χ1v) is 4.06. The number of nitrogens with one attached hydrogen (secondary N) is 1. The van der Waals surface area contributed by atoms with Gasteiger partial charge in [-0.1, -0.05) is 6.42 Å². The smallest absolute Gasteiger partial charge is 0.220 e. The van der Waals surface area contributed by atoms with Crippen LogP contribution in [0.5, 0.6) is 0 Å². The Bertz CT molecular complexity index is 180. The van der Waals surface area contributed by atoms with Gasteiger partial charge in [0.1, 0.15) is 0 Å². The first-order valence-electron chi connectivity index (χ1n) is 4.06. The molecule has 1 N–H and O–H groups in total. The van der Waals surface area contributed by atoms with Crippen LogP contribution in [-0.2, 0) is 4.79 Å². The Morgan fingerprint density at radius 2 is 2.45 bits per heavy atom. The van der Waals surface area contributed by atoms with Gasteiger partial charge in [0, 0.05) is 18.9 Å². The molecule has 0 bridgehead atoms. The molecule has 1 rings (SSSR count). The van der Waals surface area contributed by atoms with Crippen LogP contribution < -0.4 is 5.32 Å². The van der Waals surface area contributed by atoms with Crippen LogP contribution in [-0.4, -0.2) is 11.9 Å². The minimum Gasteiger partial charge on any atom is -0.352 e. The molecule has 1 unspecified atom stereocenters. The molecule has 1 aliphatic rings. The third-order valence-corrected chi connectivity index (χ3v) is 1.94. The molecule has 2 heteroatoms. The van der Waals surface area contributed by atoms with E-state index < -0.39 is 0 Å². The van der Waals surface area contributed by atoms with E-state index in [1.54, 1.807) is 0 Å². The molecular weight excluding hydrogens is 138 g/mol. The summed E-state index contributed by atoms with van der Waals surface area (Å²) in [6.07, 6.45) is 9.66. The van der Waals surface area contributed by atoms with Gasteiger partial charge in [-0.05, 0) is 12.8 Å². The molecule has 1 amide bonds. The Labute approximate surface area is 67.4 Å². The van der Waals surface area contributed by atoms with Crippen molar-refractivity contribution in [1.29, 1.82) is 0 Å². The molecule has 0 aliphatic carbocycles. The average Bonchev–Trinajstić information content (AvgIpc) is 2.15. The van der Waals surface area contributed by atoms with Crippen LogP contribution in [0.2, 0.25) is 0 Å². The van der Waals surface area contributed by atoms with Gasteiger partial charge in [-0.25, -0.2) is 0 Å². The summed E-state index contributed by atoms with van der Waals surface area (Å²) in [4.78, 5) is 11.0. The number of carbonyl (C=O) groups excluding carboxylic acids is 1. The van der Waals surface area contributed by atoms with Crippen molar-refractivity contribution in [1.82, 2.24) is 5.32 Å². The van der Waals surface area contributed by atoms with Crippen LogP contribution in [0.15, 0.2) is 0 Å². The second-order valence-electron chi connectivity index (χ2n) is 2.92. The van der Waals surface area contributed by atoms with Gasteiger partial charge in [0.2, 0.25) is 5.91 Å². The van der Waals surface area contributed by atoms with Gasteiger partial charge in [-0.15, -0.1) is 12.3 Å². The summed E-state index contributed by atoms with van der Waals surface area (Å²) in [7, 11) is 0. The molecule has 11 heavy (non-hydrogen) atoms. The zero-order valence-electron chi connectivity index (χ0n) is 6.60. The molecule has 60 valence electrons. The van der Waals surface area contributed by atoms with E-state index in [2.05, 4.69) is 11.2 Å². The fourth-order valence-corrected chi connectivity index (χ4v) is 1.34. The Hall–Kier alpha value is -0.970. The molecule has 2 nitrogen and oxygen atoms in total. The molecule has 0 saturated carbocycles. The third kappa shape index (κ3) is 2.63. The van der Waals surface area contributed by atoms with E-state index in [4.69, 9.17) is 6.42 Å². The highest BCUT2D eigenvalue weighted by Crippen LogP contribution is 2.10. The second kappa shape index (κ2) is 4.02. The minimum absolute atomic E-state index is 0.155. The van der Waals surface area contributed by atoms with Crippen molar-refractivity contribution in [2.45, 2.75) is 38.1 Å². The molecular formula is C9H13NO. The van der Waals surface area contributed by atoms with Gasteiger partial charge in [-0.3, -0.25) is 4.79 Å². The highest BCUT2D eigenvalue weighted by molar-refractivity contribution is 5.76. The maximum Gasteiger partial charge on any atom is 0.220 e. The lowest BCUT2D eigenvalue weighted by Gasteiger charge is -2.11. The summed E-state index contributed by atoms with van der Waals surface area (Å²) in [6.45, 7) is 0. The number of hydrogen-bond acceptors (Lipinski definition) is 1. The maximum atomic E-state index is 11.0. The molecule has 1 atom stereocenters. The number of carbonyl (C=O) groups is 1. The zero-order chi connectivity index (χ0) is 8.10. The van der Waals surface area contributed by atoms with Crippen molar-refractivity contribution < 1.29 is 4.79 Å². The normalized spacial score (nSPS) is 25.0. The summed E-state index contributed by atoms with van der Waals surface area (Å²) in [5.74, 6) is 2.73. The summed E-state index contributed by atoms with van der Waals surface area (Å²) >= 11 is 0. The van der Waals surface area contributed by atoms with E-state index in [9.17, 15) is 4.79 Å². The van der Waals surface area contributed by atoms with Gasteiger partial charge in [0.05, 0.1) is 0 Å². The lowest BCUT2D eigenvalue weighted by Crippen LogP contribution is -2.32. The Morgan fingerprint density at radius 3 is 3.18 bits per heavy atom. The molecule has 0 radical (unpaired) electrons. The Kier molecular flexibility index (Phi) is 2.97. The van der Waals surface area contributed by atoms with E-state index in [1.807, 2.05) is 0 Å². The summed E-state index contributed by atoms with van der Waals surface area (Å²) < 4.78 is 0. The van der Waals surface area contributed by atoms with E-state index in [1.165, 1.54) is 0 Å². The van der Waals surface area contributed by atoms with Crippen LogP contribution in [0.25, 0.3) is 0 Å². The quantitative estimate of drug-likeness (QED) is 0.558. The molecule has 1 fully saturated rings. The second-order valence-corrected chi connectivity index (χ2v) is 2.92. The minimum atomic E-state index is 0.155. The summed E-state index contributed by atoms with van der Waals surface area (Å²) in [5.41, 5.74) is 0. The molecule has 1 saturated heterocycles. The molecule has 1 heterocycles.